The molecular formula is C9H16N2O3. The number of hydrogen-bond donors (Lipinski definition) is 3. The quantitative estimate of drug-likeness (QED) is 0.570. The predicted octanol–water partition coefficient (Wildman–Crippen LogP) is -0.567. The first-order valence-electron chi connectivity index (χ1n) is 4.81. The first-order valence-corrected chi connectivity index (χ1v) is 4.81. The van der Waals surface area contributed by atoms with Crippen molar-refractivity contribution in [2.45, 2.75) is 13.3 Å². The Morgan fingerprint density at radius 1 is 1.57 bits per heavy atom. The van der Waals surface area contributed by atoms with Crippen molar-refractivity contribution < 1.29 is 14.7 Å². The maximum atomic E-state index is 11.5. The van der Waals surface area contributed by atoms with Crippen LogP contribution in [0, 0.1) is 11.8 Å². The third-order valence-electron chi connectivity index (χ3n) is 2.54. The number of aliphatic carboxylic acids is 1. The summed E-state index contributed by atoms with van der Waals surface area (Å²) in [4.78, 5) is 21.8. The van der Waals surface area contributed by atoms with E-state index in [-0.39, 0.29) is 24.3 Å². The van der Waals surface area contributed by atoms with Gasteiger partial charge < -0.3 is 15.7 Å². The van der Waals surface area contributed by atoms with Crippen LogP contribution in [0.4, 0.5) is 0 Å². The van der Waals surface area contributed by atoms with Crippen molar-refractivity contribution in [2.24, 2.45) is 11.8 Å². The second-order valence-electron chi connectivity index (χ2n) is 3.69. The van der Waals surface area contributed by atoms with Crippen molar-refractivity contribution in [3.63, 3.8) is 0 Å². The lowest BCUT2D eigenvalue weighted by Gasteiger charge is -2.28. The minimum absolute atomic E-state index is 0.0457. The molecule has 0 aliphatic carbocycles. The summed E-state index contributed by atoms with van der Waals surface area (Å²) in [7, 11) is 0. The summed E-state index contributed by atoms with van der Waals surface area (Å²) < 4.78 is 0. The highest BCUT2D eigenvalue weighted by atomic mass is 16.4. The fourth-order valence-corrected chi connectivity index (χ4v) is 1.70. The Kier molecular flexibility index (Phi) is 3.88. The van der Waals surface area contributed by atoms with Gasteiger partial charge in [0.05, 0.1) is 0 Å². The van der Waals surface area contributed by atoms with Gasteiger partial charge in [0.25, 0.3) is 0 Å². The number of carboxylic acid groups (broad SMARTS) is 1. The van der Waals surface area contributed by atoms with Crippen LogP contribution in [0.5, 0.6) is 0 Å². The van der Waals surface area contributed by atoms with E-state index in [0.29, 0.717) is 0 Å². The molecule has 0 aromatic heterocycles. The van der Waals surface area contributed by atoms with Crippen molar-refractivity contribution in [1.82, 2.24) is 10.6 Å². The number of amides is 1. The van der Waals surface area contributed by atoms with Gasteiger partial charge in [0, 0.05) is 5.92 Å². The lowest BCUT2D eigenvalue weighted by Crippen LogP contribution is -2.44. The third-order valence-corrected chi connectivity index (χ3v) is 2.54. The van der Waals surface area contributed by atoms with Gasteiger partial charge in [-0.1, -0.05) is 6.92 Å². The molecular weight excluding hydrogens is 184 g/mol. The van der Waals surface area contributed by atoms with Crippen LogP contribution in [-0.2, 0) is 9.59 Å². The zero-order valence-corrected chi connectivity index (χ0v) is 8.25. The summed E-state index contributed by atoms with van der Waals surface area (Å²) in [6.45, 7) is 3.37. The molecule has 0 spiro atoms. The zero-order valence-electron chi connectivity index (χ0n) is 8.25. The molecule has 0 aromatic carbocycles. The van der Waals surface area contributed by atoms with Crippen LogP contribution in [0.2, 0.25) is 0 Å². The van der Waals surface area contributed by atoms with Gasteiger partial charge in [0.15, 0.2) is 0 Å². The van der Waals surface area contributed by atoms with E-state index in [4.69, 9.17) is 5.11 Å². The van der Waals surface area contributed by atoms with Gasteiger partial charge in [-0.15, -0.1) is 0 Å². The van der Waals surface area contributed by atoms with E-state index in [0.717, 1.165) is 19.5 Å². The zero-order chi connectivity index (χ0) is 10.6. The highest BCUT2D eigenvalue weighted by molar-refractivity contribution is 5.83. The van der Waals surface area contributed by atoms with Crippen LogP contribution >= 0.6 is 0 Å². The van der Waals surface area contributed by atoms with Crippen molar-refractivity contribution in [3.05, 3.63) is 0 Å². The monoisotopic (exact) mass is 200 g/mol. The summed E-state index contributed by atoms with van der Waals surface area (Å²) >= 11 is 0. The number of hydrogen-bond acceptors (Lipinski definition) is 3. The average Bonchev–Trinajstić information content (AvgIpc) is 2.15. The van der Waals surface area contributed by atoms with Gasteiger partial charge in [-0.05, 0) is 25.4 Å². The summed E-state index contributed by atoms with van der Waals surface area (Å²) in [6.07, 6.45) is 0.784. The molecule has 5 heteroatoms. The second kappa shape index (κ2) is 4.95. The molecule has 80 valence electrons. The summed E-state index contributed by atoms with van der Waals surface area (Å²) in [5.74, 6) is -0.908. The van der Waals surface area contributed by atoms with Crippen molar-refractivity contribution in [3.8, 4) is 0 Å². The maximum Gasteiger partial charge on any atom is 0.322 e. The van der Waals surface area contributed by atoms with E-state index in [1.54, 1.807) is 0 Å². The number of carbonyl (C=O) groups excluding carboxylic acids is 1. The van der Waals surface area contributed by atoms with Crippen LogP contribution in [-0.4, -0.2) is 36.6 Å². The van der Waals surface area contributed by atoms with Crippen LogP contribution in [0.3, 0.4) is 0 Å². The highest BCUT2D eigenvalue weighted by Crippen LogP contribution is 2.18. The normalized spacial score (nSPS) is 26.9. The Bertz CT molecular complexity index is 230. The van der Waals surface area contributed by atoms with E-state index >= 15 is 0 Å². The van der Waals surface area contributed by atoms with Crippen LogP contribution in [0.1, 0.15) is 13.3 Å². The smallest absolute Gasteiger partial charge is 0.322 e. The highest BCUT2D eigenvalue weighted by Gasteiger charge is 2.27. The lowest BCUT2D eigenvalue weighted by atomic mass is 9.87. The molecule has 1 aliphatic heterocycles. The van der Waals surface area contributed by atoms with Gasteiger partial charge in [-0.3, -0.25) is 9.59 Å². The summed E-state index contributed by atoms with van der Waals surface area (Å²) in [5.41, 5.74) is 0. The molecule has 1 aliphatic rings. The number of nitrogens with one attached hydrogen (secondary N) is 2. The Labute approximate surface area is 82.9 Å². The van der Waals surface area contributed by atoms with Gasteiger partial charge in [0.2, 0.25) is 5.91 Å². The van der Waals surface area contributed by atoms with Gasteiger partial charge in [0.1, 0.15) is 6.54 Å². The Hall–Kier alpha value is -1.10. The number of rotatable bonds is 3. The summed E-state index contributed by atoms with van der Waals surface area (Å²) in [5, 5.41) is 14.0. The second-order valence-corrected chi connectivity index (χ2v) is 3.69. The fourth-order valence-electron chi connectivity index (χ4n) is 1.70. The van der Waals surface area contributed by atoms with Gasteiger partial charge in [-0.2, -0.15) is 0 Å². The molecule has 5 nitrogen and oxygen atoms in total. The largest absolute Gasteiger partial charge is 0.480 e. The number of carboxylic acids is 1. The van der Waals surface area contributed by atoms with E-state index in [1.807, 2.05) is 6.92 Å². The molecule has 1 amide bonds. The molecule has 3 N–H and O–H groups in total. The molecule has 14 heavy (non-hydrogen) atoms. The molecule has 1 rings (SSSR count). The fraction of sp³-hybridized carbons (Fsp3) is 0.778. The van der Waals surface area contributed by atoms with Crippen molar-refractivity contribution in [1.29, 1.82) is 0 Å². The van der Waals surface area contributed by atoms with Crippen LogP contribution in [0.25, 0.3) is 0 Å². The predicted molar refractivity (Wildman–Crippen MR) is 50.8 cm³/mol. The Morgan fingerprint density at radius 2 is 2.29 bits per heavy atom. The van der Waals surface area contributed by atoms with E-state index in [9.17, 15) is 9.59 Å². The Balaban J connectivity index is 2.38. The lowest BCUT2D eigenvalue weighted by molar-refractivity contribution is -0.139. The van der Waals surface area contributed by atoms with Gasteiger partial charge >= 0.3 is 5.97 Å². The molecule has 0 saturated carbocycles. The molecule has 0 radical (unpaired) electrons. The minimum atomic E-state index is -1.00. The topological polar surface area (TPSA) is 78.4 Å². The standard InChI is InChI=1S/C9H16N2O3/c1-6-4-10-3-2-7(6)9(14)11-5-8(12)13/h6-7,10H,2-5H2,1H3,(H,11,14)(H,12,13). The summed E-state index contributed by atoms with van der Waals surface area (Å²) in [6, 6.07) is 0. The average molecular weight is 200 g/mol. The molecule has 1 fully saturated rings. The minimum Gasteiger partial charge on any atom is -0.480 e. The molecule has 1 heterocycles. The number of piperidine rings is 1. The van der Waals surface area contributed by atoms with Gasteiger partial charge in [-0.25, -0.2) is 0 Å². The Morgan fingerprint density at radius 3 is 2.86 bits per heavy atom. The maximum absolute atomic E-state index is 11.5. The molecule has 2 unspecified atom stereocenters. The molecule has 0 bridgehead atoms. The SMILES string of the molecule is CC1CNCCC1C(=O)NCC(=O)O. The van der Waals surface area contributed by atoms with E-state index < -0.39 is 5.97 Å². The third kappa shape index (κ3) is 2.99. The molecule has 0 aromatic rings. The van der Waals surface area contributed by atoms with E-state index in [1.165, 1.54) is 0 Å². The molecule has 1 saturated heterocycles. The van der Waals surface area contributed by atoms with Crippen molar-refractivity contribution >= 4 is 11.9 Å². The first-order chi connectivity index (χ1) is 6.61. The number of carbonyl (C=O) groups is 2. The van der Waals surface area contributed by atoms with E-state index in [2.05, 4.69) is 10.6 Å². The molecule has 2 atom stereocenters. The van der Waals surface area contributed by atoms with Crippen LogP contribution < -0.4 is 10.6 Å². The van der Waals surface area contributed by atoms with Crippen LogP contribution in [0.15, 0.2) is 0 Å². The van der Waals surface area contributed by atoms with Crippen molar-refractivity contribution in [2.75, 3.05) is 19.6 Å². The first kappa shape index (κ1) is 11.0.